The molecule has 16 atom stereocenters. The lowest BCUT2D eigenvalue weighted by molar-refractivity contribution is -0.329. The Morgan fingerprint density at radius 1 is 0.925 bits per heavy atom. The third kappa shape index (κ3) is 6.94. The number of amides is 1. The van der Waals surface area contributed by atoms with Crippen LogP contribution in [0.1, 0.15) is 12.8 Å². The number of aliphatic hydroxyl groups is 8. The van der Waals surface area contributed by atoms with E-state index in [4.69, 9.17) is 36.1 Å². The van der Waals surface area contributed by atoms with Gasteiger partial charge in [0.05, 0.1) is 18.7 Å². The van der Waals surface area contributed by atoms with Crippen LogP contribution >= 0.6 is 0 Å². The number of aliphatic hydroxyl groups excluding tert-OH is 8. The summed E-state index contributed by atoms with van der Waals surface area (Å²) in [6.07, 6.45) is -21.1. The minimum absolute atomic E-state index is 0.00580. The minimum Gasteiger partial charge on any atom is -0.394 e. The van der Waals surface area contributed by atoms with Gasteiger partial charge in [0.25, 0.3) is 0 Å². The molecule has 1 amide bonds. The van der Waals surface area contributed by atoms with E-state index in [0.29, 0.717) is 0 Å². The van der Waals surface area contributed by atoms with Crippen LogP contribution in [0.4, 0.5) is 0 Å². The van der Waals surface area contributed by atoms with Crippen LogP contribution in [0.2, 0.25) is 0 Å². The highest BCUT2D eigenvalue weighted by Crippen LogP contribution is 2.32. The molecule has 2 heterocycles. The fourth-order valence-electron chi connectivity index (χ4n) is 4.94. The zero-order valence-electron chi connectivity index (χ0n) is 21.4. The summed E-state index contributed by atoms with van der Waals surface area (Å²) in [5, 5.41) is 84.4. The maximum absolute atomic E-state index is 12.6. The summed E-state index contributed by atoms with van der Waals surface area (Å²) in [6.45, 7) is -0.701. The lowest BCUT2D eigenvalue weighted by atomic mass is 9.83. The van der Waals surface area contributed by atoms with Gasteiger partial charge < -0.3 is 87.1 Å². The fraction of sp³-hybridized carbons (Fsp3) is 0.909. The summed E-state index contributed by atoms with van der Waals surface area (Å²) < 4.78 is 22.1. The average Bonchev–Trinajstić information content (AvgIpc) is 2.92. The Bertz CT molecular complexity index is 843. The number of rotatable bonds is 10. The van der Waals surface area contributed by atoms with Crippen LogP contribution in [-0.4, -0.2) is 164 Å². The largest absolute Gasteiger partial charge is 0.394 e. The van der Waals surface area contributed by atoms with Crippen molar-refractivity contribution in [1.82, 2.24) is 5.32 Å². The molecule has 0 aromatic heterocycles. The molecule has 0 spiro atoms. The van der Waals surface area contributed by atoms with Gasteiger partial charge in [-0.1, -0.05) is 0 Å². The van der Waals surface area contributed by atoms with Crippen LogP contribution in [-0.2, 0) is 28.5 Å². The number of nitrogens with two attached hydrogens (primary N) is 3. The van der Waals surface area contributed by atoms with Crippen LogP contribution < -0.4 is 22.5 Å². The standard InChI is InChI=1S/C22H40N4O14/c23-2-1-8(29)20(36)26-7-3-6(24)18(39-22-16(34)15(33)13(31)10(5-28)38-22)17(35)19(7)40-21-14(32)11(25)12(30)9(4-27)37-21/h5-19,21-22,27,29-35H,1-4,23-25H2,(H,26,36)/t6-,7+,8-,9+,10+,11-,12+,13+,14+,15-,16+,17-,18+,19-,21+,22+/m0/s1. The van der Waals surface area contributed by atoms with Crippen LogP contribution in [0.15, 0.2) is 0 Å². The zero-order chi connectivity index (χ0) is 29.9. The van der Waals surface area contributed by atoms with Crippen LogP contribution in [0.25, 0.3) is 0 Å². The van der Waals surface area contributed by atoms with Gasteiger partial charge >= 0.3 is 0 Å². The monoisotopic (exact) mass is 584 g/mol. The Kier molecular flexibility index (Phi) is 11.7. The molecule has 18 heteroatoms. The highest BCUT2D eigenvalue weighted by atomic mass is 16.7. The SMILES string of the molecule is NCC[C@H](O)C(=O)N[C@@H]1C[C@H](N)[C@@H](O[C@H]2O[C@H](C=O)[C@@H](O)[C@H](O)[C@H]2O)[C@H](O)[C@H]1O[C@H]1O[C@H](CO)[C@@H](O)[C@H](N)[C@H]1O. The first kappa shape index (κ1) is 33.0. The molecule has 3 rings (SSSR count). The lowest BCUT2D eigenvalue weighted by Gasteiger charge is -2.48. The van der Waals surface area contributed by atoms with Crippen molar-refractivity contribution in [2.24, 2.45) is 17.2 Å². The molecule has 2 aliphatic heterocycles. The number of carbonyl (C=O) groups excluding carboxylic acids is 2. The highest BCUT2D eigenvalue weighted by molar-refractivity contribution is 5.80. The molecule has 0 aromatic rings. The lowest BCUT2D eigenvalue weighted by Crippen LogP contribution is -2.69. The summed E-state index contributed by atoms with van der Waals surface area (Å²) in [6, 6.07) is -3.57. The normalized spacial score (nSPS) is 46.9. The van der Waals surface area contributed by atoms with E-state index < -0.39 is 110 Å². The summed E-state index contributed by atoms with van der Waals surface area (Å²) in [5.41, 5.74) is 17.4. The summed E-state index contributed by atoms with van der Waals surface area (Å²) in [7, 11) is 0. The quantitative estimate of drug-likeness (QED) is 0.106. The van der Waals surface area contributed by atoms with Crippen molar-refractivity contribution in [3.63, 3.8) is 0 Å². The molecule has 1 aliphatic carbocycles. The Labute approximate surface area is 228 Å². The van der Waals surface area contributed by atoms with Crippen molar-refractivity contribution in [2.45, 2.75) is 111 Å². The topological polar surface area (TPSA) is 323 Å². The third-order valence-corrected chi connectivity index (χ3v) is 7.35. The summed E-state index contributed by atoms with van der Waals surface area (Å²) in [4.78, 5) is 23.8. The van der Waals surface area contributed by atoms with Crippen molar-refractivity contribution < 1.29 is 69.4 Å². The van der Waals surface area contributed by atoms with Crippen molar-refractivity contribution in [3.8, 4) is 0 Å². The van der Waals surface area contributed by atoms with Crippen LogP contribution in [0, 0.1) is 0 Å². The highest BCUT2D eigenvalue weighted by Gasteiger charge is 2.52. The molecule has 18 nitrogen and oxygen atoms in total. The second-order valence-corrected chi connectivity index (χ2v) is 10.2. The Balaban J connectivity index is 1.85. The molecular weight excluding hydrogens is 544 g/mol. The number of hydrogen-bond donors (Lipinski definition) is 12. The van der Waals surface area contributed by atoms with Crippen molar-refractivity contribution in [1.29, 1.82) is 0 Å². The molecule has 232 valence electrons. The summed E-state index contributed by atoms with van der Waals surface area (Å²) in [5.74, 6) is -0.870. The van der Waals surface area contributed by atoms with Crippen molar-refractivity contribution >= 4 is 12.2 Å². The maximum atomic E-state index is 12.6. The first-order valence-electron chi connectivity index (χ1n) is 12.8. The van der Waals surface area contributed by atoms with Crippen LogP contribution in [0.3, 0.4) is 0 Å². The molecule has 15 N–H and O–H groups in total. The molecule has 3 aliphatic rings. The molecular formula is C22H40N4O14. The minimum atomic E-state index is -1.86. The Morgan fingerprint density at radius 3 is 2.15 bits per heavy atom. The number of nitrogens with one attached hydrogen (secondary N) is 1. The van der Waals surface area contributed by atoms with E-state index in [1.165, 1.54) is 0 Å². The van der Waals surface area contributed by atoms with Gasteiger partial charge in [0.15, 0.2) is 18.9 Å². The average molecular weight is 585 g/mol. The second-order valence-electron chi connectivity index (χ2n) is 10.2. The molecule has 40 heavy (non-hydrogen) atoms. The van der Waals surface area contributed by atoms with E-state index in [0.717, 1.165) is 0 Å². The van der Waals surface area contributed by atoms with Gasteiger partial charge in [-0.3, -0.25) is 4.79 Å². The van der Waals surface area contributed by atoms with E-state index >= 15 is 0 Å². The fourth-order valence-corrected chi connectivity index (χ4v) is 4.94. The number of carbonyl (C=O) groups is 2. The molecule has 0 aromatic carbocycles. The van der Waals surface area contributed by atoms with Gasteiger partial charge in [-0.05, 0) is 19.4 Å². The molecule has 2 saturated heterocycles. The van der Waals surface area contributed by atoms with Gasteiger partial charge in [-0.2, -0.15) is 0 Å². The molecule has 0 radical (unpaired) electrons. The van der Waals surface area contributed by atoms with E-state index in [9.17, 15) is 50.4 Å². The third-order valence-electron chi connectivity index (χ3n) is 7.35. The van der Waals surface area contributed by atoms with Gasteiger partial charge in [-0.15, -0.1) is 0 Å². The van der Waals surface area contributed by atoms with Crippen LogP contribution in [0.5, 0.6) is 0 Å². The number of aldehydes is 1. The van der Waals surface area contributed by atoms with Crippen molar-refractivity contribution in [2.75, 3.05) is 13.2 Å². The van der Waals surface area contributed by atoms with E-state index in [2.05, 4.69) is 5.32 Å². The van der Waals surface area contributed by atoms with E-state index in [-0.39, 0.29) is 25.7 Å². The molecule has 0 unspecified atom stereocenters. The zero-order valence-corrected chi connectivity index (χ0v) is 21.4. The smallest absolute Gasteiger partial charge is 0.249 e. The van der Waals surface area contributed by atoms with Gasteiger partial charge in [0, 0.05) is 6.04 Å². The summed E-state index contributed by atoms with van der Waals surface area (Å²) >= 11 is 0. The van der Waals surface area contributed by atoms with Gasteiger partial charge in [0.1, 0.15) is 67.1 Å². The Hall–Kier alpha value is -1.46. The first-order valence-corrected chi connectivity index (χ1v) is 12.8. The Morgan fingerprint density at radius 2 is 1.55 bits per heavy atom. The van der Waals surface area contributed by atoms with Crippen molar-refractivity contribution in [3.05, 3.63) is 0 Å². The van der Waals surface area contributed by atoms with E-state index in [1.54, 1.807) is 0 Å². The molecule has 0 bridgehead atoms. The number of ether oxygens (including phenoxy) is 4. The first-order chi connectivity index (χ1) is 18.9. The molecule has 3 fully saturated rings. The number of hydrogen-bond acceptors (Lipinski definition) is 17. The van der Waals surface area contributed by atoms with Gasteiger partial charge in [0.2, 0.25) is 5.91 Å². The van der Waals surface area contributed by atoms with E-state index in [1.807, 2.05) is 0 Å². The maximum Gasteiger partial charge on any atom is 0.249 e. The van der Waals surface area contributed by atoms with Gasteiger partial charge in [-0.25, -0.2) is 0 Å². The molecule has 1 saturated carbocycles. The predicted molar refractivity (Wildman–Crippen MR) is 128 cm³/mol. The predicted octanol–water partition coefficient (Wildman–Crippen LogP) is -8.18. The second kappa shape index (κ2) is 14.1.